The van der Waals surface area contributed by atoms with Crippen LogP contribution < -0.4 is 53.6 Å². The maximum atomic E-state index is 14.7. The van der Waals surface area contributed by atoms with Crippen LogP contribution in [0.25, 0.3) is 0 Å². The van der Waals surface area contributed by atoms with Crippen LogP contribution in [0, 0.1) is 29.6 Å². The van der Waals surface area contributed by atoms with Crippen LogP contribution in [0.15, 0.2) is 66.7 Å². The molecular weight excluding hydrogens is 1810 g/mol. The number of nitrogens with zero attached hydrogens (tertiary/aromatic N) is 4. The number of nitrogens with one attached hydrogen (secondary N) is 9. The average Bonchev–Trinajstić information content (AvgIpc) is 1.69. The van der Waals surface area contributed by atoms with Gasteiger partial charge in [-0.05, 0) is 93.6 Å². The number of cyclic esters (lactones) is 1. The van der Waals surface area contributed by atoms with Crippen molar-refractivity contribution in [1.82, 2.24) is 62.1 Å². The van der Waals surface area contributed by atoms with Crippen molar-refractivity contribution in [3.8, 4) is 0 Å². The number of carbonyl (C=O) groups is 15. The molecule has 3 aliphatic rings. The molecule has 3 unspecified atom stereocenters. The predicted octanol–water partition coefficient (Wildman–Crippen LogP) is 0.871. The highest BCUT2D eigenvalue weighted by Crippen LogP contribution is 2.50. The fraction of sp³-hybridized carbons (Fsp3) is 0.670. The maximum Gasteiger partial charge on any atom is 0.473 e. The summed E-state index contributed by atoms with van der Waals surface area (Å²) in [7, 11) is -1.28. The van der Waals surface area contributed by atoms with Crippen molar-refractivity contribution in [2.75, 3.05) is 132 Å². The zero-order valence-electron chi connectivity index (χ0n) is 79.6. The Hall–Kier alpha value is -9.83. The second-order valence-electron chi connectivity index (χ2n) is 34.5. The number of urea groups is 1. The molecule has 0 radical (unpaired) electrons. The van der Waals surface area contributed by atoms with Crippen molar-refractivity contribution in [1.29, 1.82) is 0 Å². The van der Waals surface area contributed by atoms with Gasteiger partial charge in [0.2, 0.25) is 59.1 Å². The third kappa shape index (κ3) is 39.3. The first-order valence-corrected chi connectivity index (χ1v) is 48.4. The van der Waals surface area contributed by atoms with Gasteiger partial charge in [0.15, 0.2) is 6.10 Å². The number of benzene rings is 2. The Morgan fingerprint density at radius 1 is 0.637 bits per heavy atom. The van der Waals surface area contributed by atoms with Crippen molar-refractivity contribution in [3.05, 3.63) is 77.9 Å². The van der Waals surface area contributed by atoms with Crippen LogP contribution in [-0.2, 0) is 130 Å². The van der Waals surface area contributed by atoms with Crippen LogP contribution in [0.1, 0.15) is 151 Å². The van der Waals surface area contributed by atoms with Crippen LogP contribution in [0.5, 0.6) is 0 Å². The molecule has 14 amide bonds. The van der Waals surface area contributed by atoms with Gasteiger partial charge in [0.25, 0.3) is 11.8 Å². The zero-order chi connectivity index (χ0) is 101. The number of aliphatic hydroxyl groups excluding tert-OH is 1. The van der Waals surface area contributed by atoms with E-state index in [1.54, 1.807) is 74.9 Å². The molecule has 135 heavy (non-hydrogen) atoms. The fourth-order valence-electron chi connectivity index (χ4n) is 15.5. The summed E-state index contributed by atoms with van der Waals surface area (Å²) >= 11 is 0. The number of esters is 2. The fourth-order valence-corrected chi connectivity index (χ4v) is 16.9. The third-order valence-corrected chi connectivity index (χ3v) is 24.6. The molecule has 0 bridgehead atoms. The van der Waals surface area contributed by atoms with Gasteiger partial charge >= 0.3 is 33.4 Å². The van der Waals surface area contributed by atoms with E-state index in [-0.39, 0.29) is 139 Å². The summed E-state index contributed by atoms with van der Waals surface area (Å²) in [6, 6.07) is 3.77. The van der Waals surface area contributed by atoms with Gasteiger partial charge in [-0.2, -0.15) is 0 Å². The van der Waals surface area contributed by atoms with E-state index in [4.69, 9.17) is 62.5 Å². The Bertz CT molecular complexity index is 4330. The number of aliphatic hydroxyl groups is 1. The molecule has 0 spiro atoms. The van der Waals surface area contributed by atoms with Crippen molar-refractivity contribution >= 4 is 110 Å². The van der Waals surface area contributed by atoms with E-state index < -0.39 is 222 Å². The predicted molar refractivity (Wildman–Crippen MR) is 487 cm³/mol. The monoisotopic (exact) mass is 1950 g/mol. The van der Waals surface area contributed by atoms with Gasteiger partial charge < -0.3 is 121 Å². The number of amides is 14. The lowest BCUT2D eigenvalue weighted by Gasteiger charge is -2.41. The zero-order valence-corrected chi connectivity index (χ0v) is 81.4. The Kier molecular flexibility index (Phi) is 49.7. The molecule has 2 aromatic rings. The second kappa shape index (κ2) is 58.0. The summed E-state index contributed by atoms with van der Waals surface area (Å²) in [5.74, 6) is -12.2. The summed E-state index contributed by atoms with van der Waals surface area (Å²) in [5, 5.41) is 33.4. The quantitative estimate of drug-likeness (QED) is 0.0189. The van der Waals surface area contributed by atoms with Gasteiger partial charge in [0.1, 0.15) is 49.0 Å². The molecular formula is C88H140N14O31P2. The van der Waals surface area contributed by atoms with E-state index in [1.807, 2.05) is 60.5 Å². The van der Waals surface area contributed by atoms with Crippen LogP contribution in [-0.4, -0.2) is 334 Å². The molecule has 47 heteroatoms. The molecule has 2 fully saturated rings. The van der Waals surface area contributed by atoms with Gasteiger partial charge in [-0.1, -0.05) is 111 Å². The molecule has 17 atom stereocenters. The van der Waals surface area contributed by atoms with E-state index in [1.165, 1.54) is 38.5 Å². The number of imide groups is 1. The van der Waals surface area contributed by atoms with Gasteiger partial charge in [0, 0.05) is 84.5 Å². The highest BCUT2D eigenvalue weighted by Gasteiger charge is 2.46. The van der Waals surface area contributed by atoms with Gasteiger partial charge in [-0.15, -0.1) is 0 Å². The molecule has 3 aliphatic heterocycles. The topological polar surface area (TPSA) is 611 Å². The Morgan fingerprint density at radius 2 is 1.24 bits per heavy atom. The van der Waals surface area contributed by atoms with Crippen molar-refractivity contribution in [3.63, 3.8) is 0 Å². The maximum absolute atomic E-state index is 14.7. The number of likely N-dealkylation sites (N-methyl/N-ethyl adjacent to an activating group) is 2. The lowest BCUT2D eigenvalue weighted by atomic mass is 9.89. The molecule has 758 valence electrons. The summed E-state index contributed by atoms with van der Waals surface area (Å²) in [4.78, 5) is 236. The second-order valence-corrected chi connectivity index (χ2v) is 37.7. The van der Waals surface area contributed by atoms with E-state index in [9.17, 15) is 91.0 Å². The lowest BCUT2D eigenvalue weighted by Crippen LogP contribution is -2.59. The van der Waals surface area contributed by atoms with E-state index >= 15 is 0 Å². The first-order valence-electron chi connectivity index (χ1n) is 45.2. The van der Waals surface area contributed by atoms with Crippen LogP contribution in [0.4, 0.5) is 10.5 Å². The Morgan fingerprint density at radius 3 is 1.80 bits per heavy atom. The average molecular weight is 1950 g/mol. The Labute approximate surface area is 787 Å². The number of hydrogen-bond donors (Lipinski definition) is 14. The number of rotatable bonds is 63. The number of phosphoric acid groups is 1. The van der Waals surface area contributed by atoms with Crippen molar-refractivity contribution in [2.24, 2.45) is 35.3 Å². The largest absolute Gasteiger partial charge is 0.473 e. The molecule has 0 aromatic heterocycles. The molecule has 5 rings (SSSR count). The molecule has 2 saturated heterocycles. The first kappa shape index (κ1) is 116. The number of phosphoric ester groups is 1. The van der Waals surface area contributed by atoms with Gasteiger partial charge in [-0.25, -0.2) is 14.2 Å². The molecule has 2 aromatic carbocycles. The SMILES string of the molecule is CC[C@H](C)[C@@H]([C@@H](CC(=O)N1CCC[C@H]1[C@H](OC)[C@@H](C)C(=O)N[C@H](C)[C@@H](OP(=O)(O)OCc1ccc(NC(=O)[C@H](CCCNC(N)=O)NC(=O)[C@@H](NC(=O)[C@H](CC(=O)OCC2CC(O)C(=O)O2)NC(=O)CCOCCOCCOCCOCCNC(=O)[C@H](CNC(=O)CCP(=O)(O)O)N2C(=O)C=CC2=O)C(C)C)cc1)c1ccccc1)OC)N(C)C(=O)[C@@H](NC(=O)[C@H](C(C)C)N(C)C)C(C)C. The molecule has 3 heterocycles. The Balaban J connectivity index is 1.15. The molecule has 0 saturated carbocycles. The number of carbonyl (C=O) groups excluding carboxylic acids is 15. The van der Waals surface area contributed by atoms with Crippen molar-refractivity contribution in [2.45, 2.75) is 225 Å². The highest BCUT2D eigenvalue weighted by molar-refractivity contribution is 7.51. The minimum absolute atomic E-state index is 0.00660. The number of hydrogen-bond acceptors (Lipinski definition) is 29. The highest BCUT2D eigenvalue weighted by atomic mass is 31.2. The third-order valence-electron chi connectivity index (χ3n) is 22.8. The number of ether oxygens (including phenoxy) is 8. The van der Waals surface area contributed by atoms with E-state index in [0.29, 0.717) is 41.8 Å². The van der Waals surface area contributed by atoms with Crippen LogP contribution in [0.3, 0.4) is 0 Å². The summed E-state index contributed by atoms with van der Waals surface area (Å²) < 4.78 is 81.1. The van der Waals surface area contributed by atoms with Crippen LogP contribution >= 0.6 is 15.4 Å². The number of likely N-dealkylation sites (tertiary alicyclic amines) is 1. The smallest absolute Gasteiger partial charge is 0.462 e. The molecule has 0 aliphatic carbocycles. The minimum atomic E-state index is -5.03. The molecule has 45 nitrogen and oxygen atoms in total. The molecule has 15 N–H and O–H groups in total. The van der Waals surface area contributed by atoms with Crippen molar-refractivity contribution < 1.29 is 148 Å². The summed E-state index contributed by atoms with van der Waals surface area (Å²) in [6.07, 6.45) is -4.60. The van der Waals surface area contributed by atoms with Crippen LogP contribution in [0.2, 0.25) is 0 Å². The summed E-state index contributed by atoms with van der Waals surface area (Å²) in [5.41, 5.74) is 6.19. The van der Waals surface area contributed by atoms with Gasteiger partial charge in [0.05, 0.1) is 121 Å². The standard InChI is InChI=1S/C88H140N14O31P2/c1-16-55(8)77(100(13)86(116)75(53(4)5)98-85(115)76(54(6)7)99(11)12)67(124-14)48-72(108)101-36-21-25-64(101)78(125-15)56(9)80(110)93-57(10)79(59-22-18-17-19-23-59)133-135(122,123)131-50-58-26-28-60(29-27-58)94-81(111)62(24-20-34-91-88(89)118)96-84(114)74(52(2)3)97-82(112)63(47-73(109)130-51-61-46-66(103)87(117)132-61)95-69(105)32-37-126-39-41-128-43-44-129-42-40-127-38-35-90-83(113)65(102-70(106)30-31-71(102)107)49-92-68(104)33-45-134(119,120)121/h17-19,22-23,26-31,52-57,61-67,74-79,103H,16,20-21,24-25,32-51H2,1-15H3,(H,90,113)(H,92,104)(H,93,110)(H,94,111)(H,95,105)(H,96,114)(H,97,112)(H,98,115)(H,122,123)(H3,89,91,118)(H2,119,120,121)/t55-,56+,57+,61?,62-,63-,64-,65-,66?,67+,74-,75-,76-,77-,78+,79+/m0/s1. The lowest BCUT2D eigenvalue weighted by molar-refractivity contribution is -0.155. The summed E-state index contributed by atoms with van der Waals surface area (Å²) in [6.45, 7) is 16.8. The number of primary amides is 1. The van der Waals surface area contributed by atoms with Gasteiger partial charge in [-0.3, -0.25) is 85.7 Å². The normalized spacial score (nSPS) is 18.4. The number of methoxy groups -OCH3 is 2. The van der Waals surface area contributed by atoms with E-state index in [2.05, 4.69) is 47.9 Å². The number of nitrogens with two attached hydrogens (primary N) is 1. The first-order chi connectivity index (χ1) is 63.7. The minimum Gasteiger partial charge on any atom is -0.462 e. The number of anilines is 1. The van der Waals surface area contributed by atoms with E-state index in [0.717, 1.165) is 12.2 Å².